The molecule has 0 radical (unpaired) electrons. The zero-order valence-electron chi connectivity index (χ0n) is 60.0. The Labute approximate surface area is 661 Å². The second kappa shape index (κ2) is 27.2. The Hall–Kier alpha value is -13.6. The molecular weight excluding hydrogens is 1440 g/mol. The highest BCUT2D eigenvalue weighted by Gasteiger charge is 2.31. The molecule has 0 aliphatic heterocycles. The molecule has 0 saturated carbocycles. The average molecular weight is 1500 g/mol. The second-order valence-corrected chi connectivity index (χ2v) is 32.4. The summed E-state index contributed by atoms with van der Waals surface area (Å²) in [5.41, 5.74) is 21.0. The monoisotopic (exact) mass is 1500 g/mol. The third-order valence-corrected chi connectivity index (χ3v) is 26.1. The molecule has 0 N–H and O–H groups in total. The van der Waals surface area contributed by atoms with Crippen LogP contribution in [0.25, 0.3) is 229 Å². The van der Waals surface area contributed by atoms with Gasteiger partial charge in [0.1, 0.15) is 0 Å². The maximum Gasteiger partial charge on any atom is 0.164 e. The van der Waals surface area contributed by atoms with Crippen LogP contribution in [0.2, 0.25) is 0 Å². The molecule has 0 spiro atoms. The smallest absolute Gasteiger partial charge is 0.164 e. The number of rotatable bonds is 14. The van der Waals surface area contributed by atoms with Crippen LogP contribution < -0.4 is 0 Å². The topological polar surface area (TPSA) is 77.3 Å². The Balaban J connectivity index is 0.877. The highest BCUT2D eigenvalue weighted by Crippen LogP contribution is 2.58. The minimum atomic E-state index is 0.579. The molecule has 6 aromatic heterocycles. The van der Waals surface area contributed by atoms with Gasteiger partial charge < -0.3 is 0 Å². The summed E-state index contributed by atoms with van der Waals surface area (Å²) in [6.45, 7) is 0. The van der Waals surface area contributed by atoms with Crippen molar-refractivity contribution in [2.24, 2.45) is 0 Å². The van der Waals surface area contributed by atoms with Crippen molar-refractivity contribution in [2.75, 3.05) is 0 Å². The number of hydrogen-bond acceptors (Lipinski definition) is 10. The van der Waals surface area contributed by atoms with Crippen LogP contribution >= 0.6 is 45.3 Å². The van der Waals surface area contributed by atoms with Gasteiger partial charge in [0.05, 0.1) is 0 Å². The first kappa shape index (κ1) is 65.5. The van der Waals surface area contributed by atoms with Crippen LogP contribution in [-0.2, 0) is 0 Å². The Morgan fingerprint density at radius 2 is 0.429 bits per heavy atom. The van der Waals surface area contributed by atoms with E-state index in [1.165, 1.54) is 116 Å². The minimum absolute atomic E-state index is 0.579. The quantitative estimate of drug-likeness (QED) is 0.0797. The summed E-state index contributed by atoms with van der Waals surface area (Å²) in [6.07, 6.45) is 0. The van der Waals surface area contributed by atoms with E-state index in [0.717, 1.165) is 77.9 Å². The summed E-state index contributed by atoms with van der Waals surface area (Å²) in [7, 11) is 0. The van der Waals surface area contributed by atoms with Gasteiger partial charge in [-0.3, -0.25) is 0 Å². The van der Waals surface area contributed by atoms with Crippen molar-refractivity contribution >= 4 is 118 Å². The van der Waals surface area contributed by atoms with Gasteiger partial charge in [-0.15, -0.1) is 45.3 Å². The van der Waals surface area contributed by atoms with Crippen molar-refractivity contribution in [2.45, 2.75) is 0 Å². The molecule has 0 aliphatic rings. The summed E-state index contributed by atoms with van der Waals surface area (Å²) in [4.78, 5) is 33.9. The molecule has 0 aliphatic carbocycles. The lowest BCUT2D eigenvalue weighted by atomic mass is 9.75. The van der Waals surface area contributed by atoms with Crippen molar-refractivity contribution in [1.29, 1.82) is 0 Å². The van der Waals surface area contributed by atoms with Crippen LogP contribution in [0.4, 0.5) is 0 Å². The number of hydrogen-bond donors (Lipinski definition) is 0. The number of nitrogens with zero attached hydrogens (tertiary/aromatic N) is 6. The predicted molar refractivity (Wildman–Crippen MR) is 475 cm³/mol. The summed E-state index contributed by atoms with van der Waals surface area (Å²) in [5, 5.41) is 16.3. The normalized spacial score (nSPS) is 11.8. The fourth-order valence-corrected chi connectivity index (χ4v) is 20.8. The van der Waals surface area contributed by atoms with Gasteiger partial charge in [-0.05, 0) is 179 Å². The van der Waals surface area contributed by atoms with E-state index >= 15 is 0 Å². The molecule has 22 rings (SSSR count). The maximum atomic E-state index is 5.30. The van der Waals surface area contributed by atoms with Gasteiger partial charge in [-0.1, -0.05) is 315 Å². The van der Waals surface area contributed by atoms with Crippen molar-refractivity contribution < 1.29 is 0 Å². The Morgan fingerprint density at radius 3 is 0.732 bits per heavy atom. The molecule has 6 nitrogen and oxygen atoms in total. The number of fused-ring (bicyclic) bond motifs is 8. The first-order chi connectivity index (χ1) is 55.5. The standard InChI is InChI=1S/C102H60N6S4/c1-7-21-61(22-8-1)79-57-81-75-33-19-35-77-93(75)94-76(82(81)58-80(79)62-23-9-2-10-24-62)34-20-36-78(94)96-92(68-43-39-64(40-44-68)86-60-88-84(112-86)54-56-110-88)90(66-47-51-74(52-48-66)102-107-99(71-29-15-5-16-30-71)104-100(108-102)72-31-17-6-18-32-72)89(91(95(77)96)67-41-37-63(38-42-67)85-59-87-83(111-85)53-55-109-87)65-45-49-73(50-46-65)101-105-97(69-25-11-3-12-26-69)103-98(106-101)70-27-13-4-14-28-70/h1-60H. The van der Waals surface area contributed by atoms with Crippen LogP contribution in [0.1, 0.15) is 0 Å². The average Bonchev–Trinajstić information content (AvgIpc) is 0.714. The van der Waals surface area contributed by atoms with Gasteiger partial charge in [0, 0.05) is 61.9 Å². The van der Waals surface area contributed by atoms with Crippen molar-refractivity contribution in [3.05, 3.63) is 363 Å². The van der Waals surface area contributed by atoms with E-state index in [1.54, 1.807) is 22.7 Å². The van der Waals surface area contributed by atoms with Crippen molar-refractivity contribution in [3.8, 4) is 156 Å². The first-order valence-electron chi connectivity index (χ1n) is 37.4. The minimum Gasteiger partial charge on any atom is -0.208 e. The molecular formula is C102H60N6S4. The number of thiophene rings is 4. The first-order valence-corrected chi connectivity index (χ1v) is 40.8. The molecule has 112 heavy (non-hydrogen) atoms. The van der Waals surface area contributed by atoms with E-state index < -0.39 is 0 Å². The summed E-state index contributed by atoms with van der Waals surface area (Å²) < 4.78 is 5.19. The van der Waals surface area contributed by atoms with Crippen LogP contribution in [-0.4, -0.2) is 29.9 Å². The molecule has 22 aromatic rings. The fraction of sp³-hybridized carbons (Fsp3) is 0. The van der Waals surface area contributed by atoms with Gasteiger partial charge in [0.25, 0.3) is 0 Å². The molecule has 16 aromatic carbocycles. The lowest BCUT2D eigenvalue weighted by molar-refractivity contribution is 1.07. The predicted octanol–water partition coefficient (Wildman–Crippen LogP) is 29.2. The van der Waals surface area contributed by atoms with Gasteiger partial charge in [0.15, 0.2) is 34.9 Å². The summed E-state index contributed by atoms with van der Waals surface area (Å²) in [5.74, 6) is 3.57. The highest BCUT2D eigenvalue weighted by molar-refractivity contribution is 7.29. The Bertz CT molecular complexity index is 6740. The number of aromatic nitrogens is 6. The zero-order valence-corrected chi connectivity index (χ0v) is 63.2. The SMILES string of the molecule is c1ccc(-c2nc(-c3ccccc3)nc(-c3ccc(-c4c(-c5ccc(-c6nc(-c7ccccc7)nc(-c7ccccc7)n6)cc5)c(-c5ccc(-c6cc7sccc7s6)cc5)c5c6cccc7c8cc(-c9ccccc9)c(-c9ccccc9)cc8c8cccc(c5c4-c4ccc(-c5cc9sccc9s5)cc4)c8c76)cc3)n2)cc1. The van der Waals surface area contributed by atoms with Crippen LogP contribution in [0.5, 0.6) is 0 Å². The lowest BCUT2D eigenvalue weighted by Gasteiger charge is -2.28. The summed E-state index contributed by atoms with van der Waals surface area (Å²) >= 11 is 7.29. The van der Waals surface area contributed by atoms with Crippen molar-refractivity contribution in [3.63, 3.8) is 0 Å². The molecule has 0 saturated heterocycles. The van der Waals surface area contributed by atoms with Gasteiger partial charge in [0.2, 0.25) is 0 Å². The summed E-state index contributed by atoms with van der Waals surface area (Å²) in [6, 6.07) is 128. The Morgan fingerprint density at radius 1 is 0.170 bits per heavy atom. The molecule has 522 valence electrons. The number of benzene rings is 16. The molecule has 0 amide bonds. The van der Waals surface area contributed by atoms with Gasteiger partial charge in [-0.2, -0.15) is 0 Å². The Kier molecular flexibility index (Phi) is 15.9. The maximum absolute atomic E-state index is 5.30. The van der Waals surface area contributed by atoms with E-state index in [1.807, 2.05) is 95.5 Å². The van der Waals surface area contributed by atoms with E-state index in [2.05, 4.69) is 290 Å². The van der Waals surface area contributed by atoms with Crippen LogP contribution in [0, 0.1) is 0 Å². The third kappa shape index (κ3) is 11.3. The molecule has 0 bridgehead atoms. The van der Waals surface area contributed by atoms with E-state index in [4.69, 9.17) is 29.9 Å². The van der Waals surface area contributed by atoms with Gasteiger partial charge >= 0.3 is 0 Å². The van der Waals surface area contributed by atoms with Crippen LogP contribution in [0.15, 0.2) is 363 Å². The molecule has 0 fully saturated rings. The van der Waals surface area contributed by atoms with E-state index in [0.29, 0.717) is 34.9 Å². The second-order valence-electron chi connectivity index (χ2n) is 28.3. The molecule has 0 atom stereocenters. The highest BCUT2D eigenvalue weighted by atomic mass is 32.1. The molecule has 10 heteroatoms. The fourth-order valence-electron chi connectivity index (χ4n) is 16.6. The van der Waals surface area contributed by atoms with Gasteiger partial charge in [-0.25, -0.2) is 29.9 Å². The largest absolute Gasteiger partial charge is 0.208 e. The molecule has 6 heterocycles. The van der Waals surface area contributed by atoms with E-state index in [9.17, 15) is 0 Å². The van der Waals surface area contributed by atoms with Crippen molar-refractivity contribution in [1.82, 2.24) is 29.9 Å². The molecule has 0 unspecified atom stereocenters. The lowest BCUT2D eigenvalue weighted by Crippen LogP contribution is -2.01. The van der Waals surface area contributed by atoms with E-state index in [-0.39, 0.29) is 0 Å². The zero-order chi connectivity index (χ0) is 73.7. The third-order valence-electron chi connectivity index (χ3n) is 21.8. The van der Waals surface area contributed by atoms with Crippen LogP contribution in [0.3, 0.4) is 0 Å².